The Balaban J connectivity index is 1.62. The van der Waals surface area contributed by atoms with E-state index in [0.717, 1.165) is 11.1 Å². The number of carbonyl (C=O) groups is 1. The Bertz CT molecular complexity index is 1040. The highest BCUT2D eigenvalue weighted by Gasteiger charge is 2.12. The molecule has 0 unspecified atom stereocenters. The molecule has 3 aromatic rings. The summed E-state index contributed by atoms with van der Waals surface area (Å²) in [5, 5.41) is 15.7. The van der Waals surface area contributed by atoms with Gasteiger partial charge in [-0.05, 0) is 59.6 Å². The molecule has 0 atom stereocenters. The van der Waals surface area contributed by atoms with Crippen LogP contribution in [-0.4, -0.2) is 16.1 Å². The Hall–Kier alpha value is -3.38. The highest BCUT2D eigenvalue weighted by molar-refractivity contribution is 7.80. The van der Waals surface area contributed by atoms with Crippen molar-refractivity contribution in [3.63, 3.8) is 0 Å². The van der Waals surface area contributed by atoms with E-state index in [0.29, 0.717) is 29.5 Å². The zero-order chi connectivity index (χ0) is 21.5. The minimum absolute atomic E-state index is 0.0623. The summed E-state index contributed by atoms with van der Waals surface area (Å²) in [5.74, 6) is 0.588. The van der Waals surface area contributed by atoms with Crippen LogP contribution < -0.4 is 15.4 Å². The van der Waals surface area contributed by atoms with Crippen molar-refractivity contribution < 1.29 is 14.6 Å². The van der Waals surface area contributed by atoms with Gasteiger partial charge in [0.25, 0.3) is 5.91 Å². The summed E-state index contributed by atoms with van der Waals surface area (Å²) in [6.45, 7) is 4.53. The first-order valence-electron chi connectivity index (χ1n) is 9.64. The van der Waals surface area contributed by atoms with Gasteiger partial charge in [0.05, 0.1) is 5.69 Å². The number of ether oxygens (including phenoxy) is 1. The normalized spacial score (nSPS) is 10.5. The summed E-state index contributed by atoms with van der Waals surface area (Å²) in [6.07, 6.45) is 0. The monoisotopic (exact) mass is 420 g/mol. The van der Waals surface area contributed by atoms with Gasteiger partial charge in [-0.25, -0.2) is 0 Å². The molecule has 1 amide bonds. The summed E-state index contributed by atoms with van der Waals surface area (Å²) in [4.78, 5) is 12.6. The lowest BCUT2D eigenvalue weighted by Crippen LogP contribution is -2.34. The molecule has 0 radical (unpaired) electrons. The standard InChI is InChI=1S/C24H24N2O3S/c1-16(2)18-11-12-22(27)21(14-18)25-24(30)26-23(28)19-9-6-10-20(13-19)29-15-17-7-4-3-5-8-17/h3-14,16,27H,15H2,1-2H3,(H2,25,26,28,30). The van der Waals surface area contributed by atoms with Crippen molar-refractivity contribution in [3.8, 4) is 11.5 Å². The molecule has 0 spiro atoms. The van der Waals surface area contributed by atoms with Gasteiger partial charge in [-0.1, -0.05) is 56.3 Å². The third-order valence-electron chi connectivity index (χ3n) is 4.51. The van der Waals surface area contributed by atoms with Crippen LogP contribution in [0.1, 0.15) is 41.3 Å². The molecular formula is C24H24N2O3S. The predicted molar refractivity (Wildman–Crippen MR) is 123 cm³/mol. The van der Waals surface area contributed by atoms with E-state index >= 15 is 0 Å². The molecule has 0 bridgehead atoms. The third kappa shape index (κ3) is 5.81. The van der Waals surface area contributed by atoms with Gasteiger partial charge in [0.1, 0.15) is 18.1 Å². The molecule has 0 aliphatic carbocycles. The van der Waals surface area contributed by atoms with Crippen LogP contribution in [0.2, 0.25) is 0 Å². The molecule has 0 saturated heterocycles. The number of rotatable bonds is 6. The lowest BCUT2D eigenvalue weighted by Gasteiger charge is -2.14. The minimum atomic E-state index is -0.364. The molecule has 5 nitrogen and oxygen atoms in total. The molecule has 154 valence electrons. The van der Waals surface area contributed by atoms with Crippen molar-refractivity contribution in [1.82, 2.24) is 5.32 Å². The van der Waals surface area contributed by atoms with Crippen LogP contribution in [0, 0.1) is 0 Å². The van der Waals surface area contributed by atoms with Crippen LogP contribution >= 0.6 is 12.2 Å². The maximum atomic E-state index is 12.6. The molecule has 3 aromatic carbocycles. The Morgan fingerprint density at radius 3 is 2.53 bits per heavy atom. The molecule has 0 aliphatic heterocycles. The Labute approximate surface area is 181 Å². The van der Waals surface area contributed by atoms with Crippen molar-refractivity contribution >= 4 is 28.9 Å². The largest absolute Gasteiger partial charge is 0.506 e. The van der Waals surface area contributed by atoms with Gasteiger partial charge >= 0.3 is 0 Å². The number of aromatic hydroxyl groups is 1. The fraction of sp³-hybridized carbons (Fsp3) is 0.167. The highest BCUT2D eigenvalue weighted by atomic mass is 32.1. The second-order valence-electron chi connectivity index (χ2n) is 7.14. The number of nitrogens with one attached hydrogen (secondary N) is 2. The van der Waals surface area contributed by atoms with Crippen LogP contribution in [0.15, 0.2) is 72.8 Å². The minimum Gasteiger partial charge on any atom is -0.506 e. The van der Waals surface area contributed by atoms with Crippen LogP contribution in [0.4, 0.5) is 5.69 Å². The summed E-state index contributed by atoms with van der Waals surface area (Å²) < 4.78 is 5.77. The molecule has 3 N–H and O–H groups in total. The molecule has 0 fully saturated rings. The number of hydrogen-bond donors (Lipinski definition) is 3. The first-order chi connectivity index (χ1) is 14.4. The van der Waals surface area contributed by atoms with E-state index in [9.17, 15) is 9.90 Å². The fourth-order valence-electron chi connectivity index (χ4n) is 2.81. The third-order valence-corrected chi connectivity index (χ3v) is 4.71. The number of carbonyl (C=O) groups excluding carboxylic acids is 1. The Kier molecular flexibility index (Phi) is 7.03. The van der Waals surface area contributed by atoms with E-state index in [-0.39, 0.29) is 16.8 Å². The number of phenolic OH excluding ortho intramolecular Hbond substituents is 1. The highest BCUT2D eigenvalue weighted by Crippen LogP contribution is 2.27. The van der Waals surface area contributed by atoms with E-state index < -0.39 is 0 Å². The van der Waals surface area contributed by atoms with Gasteiger partial charge in [0.15, 0.2) is 5.11 Å². The molecule has 0 aliphatic rings. The number of hydrogen-bond acceptors (Lipinski definition) is 4. The number of amides is 1. The average molecular weight is 421 g/mol. The van der Waals surface area contributed by atoms with E-state index in [1.165, 1.54) is 0 Å². The van der Waals surface area contributed by atoms with Gasteiger partial charge < -0.3 is 15.2 Å². The summed E-state index contributed by atoms with van der Waals surface area (Å²) >= 11 is 5.24. The van der Waals surface area contributed by atoms with E-state index in [4.69, 9.17) is 17.0 Å². The maximum Gasteiger partial charge on any atom is 0.257 e. The lowest BCUT2D eigenvalue weighted by molar-refractivity contribution is 0.0977. The van der Waals surface area contributed by atoms with Crippen molar-refractivity contribution in [1.29, 1.82) is 0 Å². The summed E-state index contributed by atoms with van der Waals surface area (Å²) in [7, 11) is 0. The average Bonchev–Trinajstić information content (AvgIpc) is 2.74. The summed E-state index contributed by atoms with van der Waals surface area (Å²) in [6, 6.07) is 22.0. The van der Waals surface area contributed by atoms with Crippen LogP contribution in [-0.2, 0) is 6.61 Å². The van der Waals surface area contributed by atoms with E-state index in [2.05, 4.69) is 24.5 Å². The molecule has 0 heterocycles. The topological polar surface area (TPSA) is 70.6 Å². The van der Waals surface area contributed by atoms with Crippen LogP contribution in [0.3, 0.4) is 0 Å². The SMILES string of the molecule is CC(C)c1ccc(O)c(NC(=S)NC(=O)c2cccc(OCc3ccccc3)c2)c1. The lowest BCUT2D eigenvalue weighted by atomic mass is 10.0. The Morgan fingerprint density at radius 1 is 1.03 bits per heavy atom. The number of benzene rings is 3. The number of anilines is 1. The van der Waals surface area contributed by atoms with Gasteiger partial charge in [-0.2, -0.15) is 0 Å². The number of thiocarbonyl (C=S) groups is 1. The first-order valence-corrected chi connectivity index (χ1v) is 10.0. The van der Waals surface area contributed by atoms with Gasteiger partial charge in [-0.3, -0.25) is 10.1 Å². The van der Waals surface area contributed by atoms with Gasteiger partial charge in [-0.15, -0.1) is 0 Å². The van der Waals surface area contributed by atoms with Crippen molar-refractivity contribution in [2.45, 2.75) is 26.4 Å². The van der Waals surface area contributed by atoms with Crippen molar-refractivity contribution in [3.05, 3.63) is 89.5 Å². The molecule has 0 aromatic heterocycles. The van der Waals surface area contributed by atoms with E-state index in [1.807, 2.05) is 42.5 Å². The van der Waals surface area contributed by atoms with Crippen LogP contribution in [0.5, 0.6) is 11.5 Å². The maximum absolute atomic E-state index is 12.6. The Morgan fingerprint density at radius 2 is 1.80 bits per heavy atom. The summed E-state index contributed by atoms with van der Waals surface area (Å²) in [5.41, 5.74) is 2.96. The zero-order valence-electron chi connectivity index (χ0n) is 16.9. The molecular weight excluding hydrogens is 396 g/mol. The van der Waals surface area contributed by atoms with Gasteiger partial charge in [0.2, 0.25) is 0 Å². The van der Waals surface area contributed by atoms with Crippen molar-refractivity contribution in [2.75, 3.05) is 5.32 Å². The fourth-order valence-corrected chi connectivity index (χ4v) is 3.01. The zero-order valence-corrected chi connectivity index (χ0v) is 17.7. The molecule has 3 rings (SSSR count). The van der Waals surface area contributed by atoms with Crippen LogP contribution in [0.25, 0.3) is 0 Å². The smallest absolute Gasteiger partial charge is 0.257 e. The number of phenols is 1. The molecule has 0 saturated carbocycles. The quantitative estimate of drug-likeness (QED) is 0.377. The second-order valence-corrected chi connectivity index (χ2v) is 7.55. The predicted octanol–water partition coefficient (Wildman–Crippen LogP) is 5.22. The molecule has 6 heteroatoms. The second kappa shape index (κ2) is 9.89. The van der Waals surface area contributed by atoms with Crippen molar-refractivity contribution in [2.24, 2.45) is 0 Å². The molecule has 30 heavy (non-hydrogen) atoms. The van der Waals surface area contributed by atoms with Gasteiger partial charge in [0, 0.05) is 5.56 Å². The first kappa shape index (κ1) is 21.3. The van der Waals surface area contributed by atoms with E-state index in [1.54, 1.807) is 30.3 Å².